The molecule has 2 amide bonds. The quantitative estimate of drug-likeness (QED) is 0.830. The summed E-state index contributed by atoms with van der Waals surface area (Å²) in [6, 6.07) is 9.72. The number of nitrogens with two attached hydrogens (primary N) is 1. The van der Waals surface area contributed by atoms with E-state index in [1.807, 2.05) is 30.3 Å². The van der Waals surface area contributed by atoms with Gasteiger partial charge in [-0.3, -0.25) is 9.59 Å². The Morgan fingerprint density at radius 1 is 1.29 bits per heavy atom. The summed E-state index contributed by atoms with van der Waals surface area (Å²) in [5, 5.41) is 0. The molecule has 0 heterocycles. The molecule has 1 aromatic rings. The Morgan fingerprint density at radius 2 is 1.88 bits per heavy atom. The fourth-order valence-corrected chi connectivity index (χ4v) is 1.70. The van der Waals surface area contributed by atoms with Gasteiger partial charge < -0.3 is 10.6 Å². The maximum Gasteiger partial charge on any atom is 0.225 e. The topological polar surface area (TPSA) is 63.4 Å². The molecule has 1 rings (SSSR count). The van der Waals surface area contributed by atoms with E-state index in [2.05, 4.69) is 0 Å². The van der Waals surface area contributed by atoms with Crippen LogP contribution >= 0.6 is 0 Å². The maximum absolute atomic E-state index is 11.9. The van der Waals surface area contributed by atoms with E-state index in [0.29, 0.717) is 6.54 Å². The third-order valence-corrected chi connectivity index (χ3v) is 2.57. The molecule has 17 heavy (non-hydrogen) atoms. The van der Waals surface area contributed by atoms with E-state index in [9.17, 15) is 9.59 Å². The number of hydrogen-bond acceptors (Lipinski definition) is 2. The highest BCUT2D eigenvalue weighted by atomic mass is 16.2. The summed E-state index contributed by atoms with van der Waals surface area (Å²) in [5.74, 6) is -0.868. The van der Waals surface area contributed by atoms with Gasteiger partial charge in [-0.25, -0.2) is 0 Å². The van der Waals surface area contributed by atoms with Gasteiger partial charge in [0.2, 0.25) is 11.8 Å². The summed E-state index contributed by atoms with van der Waals surface area (Å²) >= 11 is 0. The van der Waals surface area contributed by atoms with Crippen LogP contribution in [-0.4, -0.2) is 23.8 Å². The third kappa shape index (κ3) is 4.26. The Hall–Kier alpha value is -1.84. The number of rotatable bonds is 5. The second kappa shape index (κ2) is 6.03. The van der Waals surface area contributed by atoms with E-state index in [-0.39, 0.29) is 18.2 Å². The second-order valence-corrected chi connectivity index (χ2v) is 4.25. The first-order valence-corrected chi connectivity index (χ1v) is 5.58. The lowest BCUT2D eigenvalue weighted by Gasteiger charge is -2.20. The first-order valence-electron chi connectivity index (χ1n) is 5.58. The Morgan fingerprint density at radius 3 is 2.41 bits per heavy atom. The standard InChI is InChI=1S/C13H18N2O2/c1-10(8-12(14)16)13(17)15(2)9-11-6-4-3-5-7-11/h3-7,10H,8-9H2,1-2H3,(H2,14,16). The van der Waals surface area contributed by atoms with Crippen LogP contribution < -0.4 is 5.73 Å². The molecule has 4 nitrogen and oxygen atoms in total. The largest absolute Gasteiger partial charge is 0.370 e. The van der Waals surface area contributed by atoms with Crippen molar-refractivity contribution in [3.8, 4) is 0 Å². The summed E-state index contributed by atoms with van der Waals surface area (Å²) in [4.78, 5) is 24.3. The smallest absolute Gasteiger partial charge is 0.225 e. The number of primary amides is 1. The van der Waals surface area contributed by atoms with Crippen LogP contribution in [0.3, 0.4) is 0 Å². The molecule has 2 N–H and O–H groups in total. The zero-order valence-electron chi connectivity index (χ0n) is 10.2. The molecule has 1 unspecified atom stereocenters. The lowest BCUT2D eigenvalue weighted by molar-refractivity contribution is -0.136. The fourth-order valence-electron chi connectivity index (χ4n) is 1.70. The van der Waals surface area contributed by atoms with Crippen molar-refractivity contribution in [2.24, 2.45) is 11.7 Å². The Bertz CT molecular complexity index is 390. The van der Waals surface area contributed by atoms with Gasteiger partial charge in [-0.15, -0.1) is 0 Å². The monoisotopic (exact) mass is 234 g/mol. The fraction of sp³-hybridized carbons (Fsp3) is 0.385. The molecule has 1 aromatic carbocycles. The molecule has 0 aliphatic heterocycles. The predicted octanol–water partition coefficient (Wildman–Crippen LogP) is 1.16. The Kier molecular flexibility index (Phi) is 4.69. The molecular weight excluding hydrogens is 216 g/mol. The highest BCUT2D eigenvalue weighted by Gasteiger charge is 2.19. The second-order valence-electron chi connectivity index (χ2n) is 4.25. The molecule has 92 valence electrons. The predicted molar refractivity (Wildman–Crippen MR) is 65.9 cm³/mol. The van der Waals surface area contributed by atoms with E-state index < -0.39 is 5.91 Å². The van der Waals surface area contributed by atoms with Gasteiger partial charge >= 0.3 is 0 Å². The minimum atomic E-state index is -0.445. The van der Waals surface area contributed by atoms with E-state index in [1.165, 1.54) is 0 Å². The molecule has 0 bridgehead atoms. The van der Waals surface area contributed by atoms with Crippen LogP contribution in [0.5, 0.6) is 0 Å². The normalized spacial score (nSPS) is 11.9. The molecule has 1 atom stereocenters. The molecule has 0 fully saturated rings. The Labute approximate surface area is 101 Å². The van der Waals surface area contributed by atoms with Gasteiger partial charge in [0.15, 0.2) is 0 Å². The summed E-state index contributed by atoms with van der Waals surface area (Å²) in [7, 11) is 1.73. The number of benzene rings is 1. The van der Waals surface area contributed by atoms with Crippen molar-refractivity contribution in [2.75, 3.05) is 7.05 Å². The van der Waals surface area contributed by atoms with Gasteiger partial charge in [0.1, 0.15) is 0 Å². The van der Waals surface area contributed by atoms with Gasteiger partial charge in [-0.2, -0.15) is 0 Å². The molecule has 0 saturated heterocycles. The van der Waals surface area contributed by atoms with Crippen molar-refractivity contribution in [3.63, 3.8) is 0 Å². The molecule has 0 spiro atoms. The minimum Gasteiger partial charge on any atom is -0.370 e. The van der Waals surface area contributed by atoms with Crippen molar-refractivity contribution >= 4 is 11.8 Å². The van der Waals surface area contributed by atoms with Crippen molar-refractivity contribution in [1.82, 2.24) is 4.90 Å². The van der Waals surface area contributed by atoms with Crippen LogP contribution in [-0.2, 0) is 16.1 Å². The summed E-state index contributed by atoms with van der Waals surface area (Å²) in [5.41, 5.74) is 6.14. The van der Waals surface area contributed by atoms with E-state index in [4.69, 9.17) is 5.73 Å². The van der Waals surface area contributed by atoms with Crippen LogP contribution in [0.25, 0.3) is 0 Å². The lowest BCUT2D eigenvalue weighted by atomic mass is 10.1. The van der Waals surface area contributed by atoms with Crippen molar-refractivity contribution < 1.29 is 9.59 Å². The van der Waals surface area contributed by atoms with Gasteiger partial charge in [0, 0.05) is 25.9 Å². The van der Waals surface area contributed by atoms with Gasteiger partial charge in [-0.1, -0.05) is 37.3 Å². The average Bonchev–Trinajstić information content (AvgIpc) is 2.28. The lowest BCUT2D eigenvalue weighted by Crippen LogP contribution is -2.33. The number of hydrogen-bond donors (Lipinski definition) is 1. The first-order chi connectivity index (χ1) is 8.00. The molecule has 0 aliphatic carbocycles. The Balaban J connectivity index is 2.55. The molecule has 0 aliphatic rings. The number of carbonyl (C=O) groups is 2. The minimum absolute atomic E-state index is 0.0624. The van der Waals surface area contributed by atoms with Gasteiger partial charge in [0.25, 0.3) is 0 Å². The van der Waals surface area contributed by atoms with Crippen LogP contribution in [0.2, 0.25) is 0 Å². The van der Waals surface area contributed by atoms with Crippen LogP contribution in [0.4, 0.5) is 0 Å². The van der Waals surface area contributed by atoms with Crippen LogP contribution in [0.1, 0.15) is 18.9 Å². The highest BCUT2D eigenvalue weighted by Crippen LogP contribution is 2.09. The molecule has 4 heteroatoms. The van der Waals surface area contributed by atoms with Gasteiger partial charge in [0.05, 0.1) is 0 Å². The van der Waals surface area contributed by atoms with Crippen molar-refractivity contribution in [2.45, 2.75) is 19.9 Å². The number of amides is 2. The van der Waals surface area contributed by atoms with E-state index in [1.54, 1.807) is 18.9 Å². The highest BCUT2D eigenvalue weighted by molar-refractivity contribution is 5.84. The maximum atomic E-state index is 11.9. The van der Waals surface area contributed by atoms with E-state index in [0.717, 1.165) is 5.56 Å². The zero-order valence-corrected chi connectivity index (χ0v) is 10.2. The molecular formula is C13H18N2O2. The van der Waals surface area contributed by atoms with E-state index >= 15 is 0 Å². The summed E-state index contributed by atoms with van der Waals surface area (Å²) < 4.78 is 0. The zero-order chi connectivity index (χ0) is 12.8. The number of carbonyl (C=O) groups excluding carboxylic acids is 2. The summed E-state index contributed by atoms with van der Waals surface area (Å²) in [6.45, 7) is 2.26. The first kappa shape index (κ1) is 13.2. The number of nitrogens with zero attached hydrogens (tertiary/aromatic N) is 1. The third-order valence-electron chi connectivity index (χ3n) is 2.57. The van der Waals surface area contributed by atoms with Crippen LogP contribution in [0.15, 0.2) is 30.3 Å². The van der Waals surface area contributed by atoms with Crippen molar-refractivity contribution in [3.05, 3.63) is 35.9 Å². The molecule has 0 saturated carbocycles. The van der Waals surface area contributed by atoms with Crippen LogP contribution in [0, 0.1) is 5.92 Å². The molecule has 0 radical (unpaired) electrons. The molecule has 0 aromatic heterocycles. The average molecular weight is 234 g/mol. The summed E-state index contributed by atoms with van der Waals surface area (Å²) in [6.07, 6.45) is 0.0952. The SMILES string of the molecule is CC(CC(N)=O)C(=O)N(C)Cc1ccccc1. The van der Waals surface area contributed by atoms with Gasteiger partial charge in [-0.05, 0) is 5.56 Å². The van der Waals surface area contributed by atoms with Crippen molar-refractivity contribution in [1.29, 1.82) is 0 Å².